The zero-order chi connectivity index (χ0) is 51.6. The van der Waals surface area contributed by atoms with Gasteiger partial charge in [-0.3, -0.25) is 22.7 Å². The van der Waals surface area contributed by atoms with Gasteiger partial charge < -0.3 is 19.5 Å². The molecule has 0 radical (unpaired) electrons. The molecule has 0 amide bonds. The summed E-state index contributed by atoms with van der Waals surface area (Å²) in [4.78, 5) is 23.8. The Hall–Kier alpha value is -5.76. The molecule has 0 saturated carbocycles. The van der Waals surface area contributed by atoms with Crippen molar-refractivity contribution in [2.24, 2.45) is 0 Å². The van der Waals surface area contributed by atoms with Crippen molar-refractivity contribution >= 4 is 42.7 Å². The van der Waals surface area contributed by atoms with E-state index in [1.54, 1.807) is 0 Å². The molecule has 0 unspecified atom stereocenters. The van der Waals surface area contributed by atoms with Gasteiger partial charge >= 0.3 is 0 Å². The quantitative estimate of drug-likeness (QED) is 0.0475. The van der Waals surface area contributed by atoms with Crippen molar-refractivity contribution < 1.29 is 40.2 Å². The molecule has 8 heterocycles. The van der Waals surface area contributed by atoms with Crippen LogP contribution in [0.4, 0.5) is 5.69 Å². The average Bonchev–Trinajstić information content (AvgIpc) is 3.98. The molecule has 1 fully saturated rings. The summed E-state index contributed by atoms with van der Waals surface area (Å²) in [5, 5.41) is 13.1. The maximum Gasteiger partial charge on any atom is 0.297 e. The SMILES string of the molecule is CC(C)=CCC/C(C)=C/CC/C(C)=C/Cn1cnc2c(ncn2[C@H]2C[C@@H](O)[C@@H](COS(=O)(=O)c3ccc(C4=c5cc6c7c(c5Oc5c4cc4c8c5CCCN8CCC4)CCC[N+]=7CCC6)c(S(=O)(=O)O)c3)O2)c1=O. The maximum absolute atomic E-state index is 14.1. The van der Waals surface area contributed by atoms with Crippen LogP contribution in [-0.2, 0) is 61.4 Å². The number of aliphatic hydroxyl groups excluding tert-OH is 1. The summed E-state index contributed by atoms with van der Waals surface area (Å²) in [6.07, 6.45) is 17.2. The minimum absolute atomic E-state index is 0.0217. The van der Waals surface area contributed by atoms with Crippen LogP contribution < -0.4 is 30.3 Å². The van der Waals surface area contributed by atoms with E-state index < -0.39 is 55.1 Å². The molecule has 2 aromatic heterocycles. The number of nitrogens with zero attached hydrogens (tertiary/aromatic N) is 6. The highest BCUT2D eigenvalue weighted by atomic mass is 32.2. The first kappa shape index (κ1) is 50.4. The zero-order valence-corrected chi connectivity index (χ0v) is 44.2. The molecule has 16 nitrogen and oxygen atoms in total. The van der Waals surface area contributed by atoms with Crippen molar-refractivity contribution in [2.75, 3.05) is 37.7 Å². The average molecular weight is 1050 g/mol. The fraction of sp³-hybridized carbons (Fsp3) is 0.464. The number of fused-ring (bicyclic) bond motifs is 5. The molecule has 18 heteroatoms. The van der Waals surface area contributed by atoms with Gasteiger partial charge in [-0.25, -0.2) is 14.5 Å². The van der Waals surface area contributed by atoms with Crippen LogP contribution in [0.25, 0.3) is 16.7 Å². The highest BCUT2D eigenvalue weighted by molar-refractivity contribution is 7.87. The Bertz CT molecular complexity index is 3640. The van der Waals surface area contributed by atoms with Crippen LogP contribution >= 0.6 is 0 Å². The molecular weight excluding hydrogens is 981 g/mol. The number of ether oxygens (including phenoxy) is 2. The normalized spacial score (nSPS) is 20.5. The van der Waals surface area contributed by atoms with Gasteiger partial charge in [0.25, 0.3) is 25.8 Å². The third kappa shape index (κ3) is 9.50. The van der Waals surface area contributed by atoms with Gasteiger partial charge in [0.1, 0.15) is 48.1 Å². The first-order valence-corrected chi connectivity index (χ1v) is 29.0. The fourth-order valence-electron chi connectivity index (χ4n) is 12.0. The van der Waals surface area contributed by atoms with Crippen molar-refractivity contribution in [3.05, 3.63) is 132 Å². The third-order valence-corrected chi connectivity index (χ3v) is 17.9. The number of anilines is 1. The molecule has 0 spiro atoms. The van der Waals surface area contributed by atoms with Gasteiger partial charge in [-0.2, -0.15) is 16.8 Å². The highest BCUT2D eigenvalue weighted by Crippen LogP contribution is 2.49. The second-order valence-electron chi connectivity index (χ2n) is 21.1. The number of imidazole rings is 1. The van der Waals surface area contributed by atoms with Crippen LogP contribution in [0.1, 0.15) is 125 Å². The second-order valence-corrected chi connectivity index (χ2v) is 24.1. The van der Waals surface area contributed by atoms with Crippen LogP contribution in [0.3, 0.4) is 0 Å². The van der Waals surface area contributed by atoms with Crippen LogP contribution in [-0.4, -0.2) is 90.6 Å². The molecule has 0 aliphatic carbocycles. The summed E-state index contributed by atoms with van der Waals surface area (Å²) in [6.45, 7) is 11.9. The third-order valence-electron chi connectivity index (χ3n) is 15.7. The number of hydrogen-bond donors (Lipinski definition) is 2. The molecule has 74 heavy (non-hydrogen) atoms. The Morgan fingerprint density at radius 2 is 1.57 bits per heavy atom. The van der Waals surface area contributed by atoms with E-state index in [0.29, 0.717) is 34.4 Å². The van der Waals surface area contributed by atoms with Gasteiger partial charge in [0, 0.05) is 77.6 Å². The van der Waals surface area contributed by atoms with E-state index in [4.69, 9.17) is 13.7 Å². The Morgan fingerprint density at radius 3 is 2.35 bits per heavy atom. The van der Waals surface area contributed by atoms with Crippen LogP contribution in [0, 0.1) is 0 Å². The van der Waals surface area contributed by atoms with E-state index in [1.807, 2.05) is 13.0 Å². The van der Waals surface area contributed by atoms with Gasteiger partial charge in [-0.05, 0) is 122 Å². The molecule has 2 N–H and O–H groups in total. The first-order valence-electron chi connectivity index (χ1n) is 26.2. The standard InChI is InChI=1S/C56H64N6O10S2/c1-34(2)11-5-12-35(3)13-6-14-36(4)21-26-61-32-58-55-50(56(61)64)57-33-62(55)48-30-45(63)46(71-48)31-70-74(68,69)39-19-20-40(47(29-39)73(65,66)67)49-43-27-37-15-7-22-59-24-9-17-41(51(37)59)53(43)72-54-42-18-10-25-60-23-8-16-38(52(42)60)28-44(49)54/h11,13,19-21,27-29,32-33,45-46,48,63H,5-10,12,14-18,22-26,30-31H2,1-4H3/p+1/b35-13+,36-21+/t45-,46-,48-/m1/s1. The summed E-state index contributed by atoms with van der Waals surface area (Å²) >= 11 is 0. The summed E-state index contributed by atoms with van der Waals surface area (Å²) in [6, 6.07) is 7.90. The number of rotatable bonds is 15. The maximum atomic E-state index is 14.1. The number of allylic oxidation sites excluding steroid dienone is 6. The van der Waals surface area contributed by atoms with Gasteiger partial charge in [0.2, 0.25) is 5.36 Å². The minimum Gasteiger partial charge on any atom is -0.455 e. The van der Waals surface area contributed by atoms with Crippen LogP contribution in [0.2, 0.25) is 0 Å². The molecule has 5 aromatic rings. The van der Waals surface area contributed by atoms with Crippen LogP contribution in [0.5, 0.6) is 11.5 Å². The van der Waals surface area contributed by atoms with E-state index >= 15 is 0 Å². The minimum atomic E-state index is -5.05. The number of benzene rings is 3. The molecule has 0 bridgehead atoms. The van der Waals surface area contributed by atoms with E-state index in [9.17, 15) is 31.3 Å². The van der Waals surface area contributed by atoms with Gasteiger partial charge in [0.05, 0.1) is 29.5 Å². The number of hydrogen-bond acceptors (Lipinski definition) is 12. The lowest BCUT2D eigenvalue weighted by Crippen LogP contribution is -2.45. The lowest BCUT2D eigenvalue weighted by molar-refractivity contribution is -0.0371. The van der Waals surface area contributed by atoms with Crippen molar-refractivity contribution in [3.8, 4) is 11.5 Å². The predicted octanol–water partition coefficient (Wildman–Crippen LogP) is 6.75. The molecule has 6 aliphatic heterocycles. The second kappa shape index (κ2) is 20.1. The summed E-state index contributed by atoms with van der Waals surface area (Å²) < 4.78 is 90.6. The van der Waals surface area contributed by atoms with E-state index in [1.165, 1.54) is 56.1 Å². The van der Waals surface area contributed by atoms with E-state index in [-0.39, 0.29) is 28.7 Å². The number of aliphatic hydroxyl groups is 1. The Labute approximate surface area is 431 Å². The monoisotopic (exact) mass is 1050 g/mol. The summed E-state index contributed by atoms with van der Waals surface area (Å²) in [5.74, 6) is 1.37. The lowest BCUT2D eigenvalue weighted by atomic mass is 9.82. The van der Waals surface area contributed by atoms with Crippen molar-refractivity contribution in [1.82, 2.24) is 23.7 Å². The van der Waals surface area contributed by atoms with Crippen molar-refractivity contribution in [2.45, 2.75) is 146 Å². The Kier molecular flexibility index (Phi) is 13.7. The zero-order valence-electron chi connectivity index (χ0n) is 42.6. The highest BCUT2D eigenvalue weighted by Gasteiger charge is 2.40. The molecule has 6 aliphatic rings. The molecule has 3 atom stereocenters. The van der Waals surface area contributed by atoms with Gasteiger partial charge in [0.15, 0.2) is 11.2 Å². The molecular formula is C56H65N6O10S2+. The Balaban J connectivity index is 0.849. The number of aryl methyl sites for hydroxylation is 2. The van der Waals surface area contributed by atoms with Crippen molar-refractivity contribution in [3.63, 3.8) is 0 Å². The van der Waals surface area contributed by atoms with E-state index in [2.05, 4.69) is 64.5 Å². The lowest BCUT2D eigenvalue weighted by Gasteiger charge is -2.39. The smallest absolute Gasteiger partial charge is 0.297 e. The summed E-state index contributed by atoms with van der Waals surface area (Å²) in [5.41, 5.74) is 11.0. The number of aromatic nitrogens is 4. The Morgan fingerprint density at radius 1 is 0.838 bits per heavy atom. The topological polar surface area (TPSA) is 195 Å². The van der Waals surface area contributed by atoms with E-state index in [0.717, 1.165) is 137 Å². The predicted molar refractivity (Wildman–Crippen MR) is 281 cm³/mol. The van der Waals surface area contributed by atoms with Gasteiger partial charge in [-0.1, -0.05) is 41.0 Å². The summed E-state index contributed by atoms with van der Waals surface area (Å²) in [7, 11) is -9.76. The van der Waals surface area contributed by atoms with Crippen molar-refractivity contribution in [1.29, 1.82) is 0 Å². The molecule has 3 aromatic carbocycles. The van der Waals surface area contributed by atoms with Gasteiger partial charge in [-0.15, -0.1) is 0 Å². The fourth-order valence-corrected chi connectivity index (χ4v) is 13.8. The molecule has 1 saturated heterocycles. The molecule has 390 valence electrons. The van der Waals surface area contributed by atoms with Crippen LogP contribution in [0.15, 0.2) is 92.5 Å². The molecule has 11 rings (SSSR count). The first-order chi connectivity index (χ1) is 35.5. The largest absolute Gasteiger partial charge is 0.455 e.